The highest BCUT2D eigenvalue weighted by Gasteiger charge is 2.10. The lowest BCUT2D eigenvalue weighted by Crippen LogP contribution is -2.12. The van der Waals surface area contributed by atoms with Crippen molar-refractivity contribution in [2.75, 3.05) is 5.32 Å². The van der Waals surface area contributed by atoms with Crippen LogP contribution < -0.4 is 10.1 Å². The first-order chi connectivity index (χ1) is 7.00. The molecule has 4 heteroatoms. The highest BCUT2D eigenvalue weighted by molar-refractivity contribution is 6.34. The van der Waals surface area contributed by atoms with Crippen LogP contribution in [0.2, 0.25) is 5.02 Å². The van der Waals surface area contributed by atoms with Gasteiger partial charge in [0.2, 0.25) is 0 Å². The predicted octanol–water partition coefficient (Wildman–Crippen LogP) is 3.34. The van der Waals surface area contributed by atoms with Gasteiger partial charge in [-0.3, -0.25) is 0 Å². The highest BCUT2D eigenvalue weighted by atomic mass is 35.5. The van der Waals surface area contributed by atoms with E-state index in [1.54, 1.807) is 12.3 Å². The zero-order valence-corrected chi connectivity index (χ0v) is 10.3. The molecule has 0 aliphatic carbocycles. The molecule has 0 spiro atoms. The number of rotatable bonds is 4. The number of ether oxygens (including phenoxy) is 1. The van der Waals surface area contributed by atoms with Gasteiger partial charge in [-0.15, -0.1) is 0 Å². The van der Waals surface area contributed by atoms with Gasteiger partial charge in [0, 0.05) is 18.3 Å². The van der Waals surface area contributed by atoms with E-state index in [1.807, 2.05) is 27.7 Å². The summed E-state index contributed by atoms with van der Waals surface area (Å²) >= 11 is 6.15. The normalized spacial score (nSPS) is 10.9. The van der Waals surface area contributed by atoms with Crippen LogP contribution in [-0.2, 0) is 0 Å². The van der Waals surface area contributed by atoms with Crippen molar-refractivity contribution in [3.05, 3.63) is 17.3 Å². The molecule has 0 radical (unpaired) electrons. The van der Waals surface area contributed by atoms with E-state index in [2.05, 4.69) is 10.3 Å². The Balaban J connectivity index is 2.90. The third-order valence-corrected chi connectivity index (χ3v) is 2.01. The van der Waals surface area contributed by atoms with Crippen LogP contribution in [0.4, 0.5) is 5.82 Å². The van der Waals surface area contributed by atoms with Gasteiger partial charge in [0.25, 0.3) is 0 Å². The molecule has 1 aromatic rings. The summed E-state index contributed by atoms with van der Waals surface area (Å²) in [5.74, 6) is 1.34. The lowest BCUT2D eigenvalue weighted by atomic mass is 10.3. The summed E-state index contributed by atoms with van der Waals surface area (Å²) in [5.41, 5.74) is 0. The second-order valence-electron chi connectivity index (χ2n) is 3.94. The number of nitrogens with one attached hydrogen (secondary N) is 1. The molecule has 1 N–H and O–H groups in total. The van der Waals surface area contributed by atoms with Crippen LogP contribution in [0.3, 0.4) is 0 Å². The zero-order valence-electron chi connectivity index (χ0n) is 9.54. The maximum Gasteiger partial charge on any atom is 0.148 e. The van der Waals surface area contributed by atoms with E-state index in [1.165, 1.54) is 0 Å². The quantitative estimate of drug-likeness (QED) is 0.858. The van der Waals surface area contributed by atoms with E-state index >= 15 is 0 Å². The Labute approximate surface area is 95.8 Å². The number of hydrogen-bond acceptors (Lipinski definition) is 3. The summed E-state index contributed by atoms with van der Waals surface area (Å²) in [6, 6.07) is 2.07. The molecule has 0 saturated carbocycles. The SMILES string of the molecule is CC(C)Nc1nccc(OC(C)C)c1Cl. The molecule has 0 aliphatic heterocycles. The fraction of sp³-hybridized carbons (Fsp3) is 0.545. The Kier molecular flexibility index (Phi) is 4.21. The van der Waals surface area contributed by atoms with Crippen molar-refractivity contribution < 1.29 is 4.74 Å². The van der Waals surface area contributed by atoms with Crippen LogP contribution >= 0.6 is 11.6 Å². The summed E-state index contributed by atoms with van der Waals surface area (Å²) in [6.07, 6.45) is 1.80. The molecule has 0 aliphatic rings. The molecule has 1 rings (SSSR count). The lowest BCUT2D eigenvalue weighted by Gasteiger charge is -2.15. The van der Waals surface area contributed by atoms with Gasteiger partial charge < -0.3 is 10.1 Å². The molecule has 0 saturated heterocycles. The van der Waals surface area contributed by atoms with Crippen molar-refractivity contribution in [2.24, 2.45) is 0 Å². The van der Waals surface area contributed by atoms with Gasteiger partial charge in [-0.05, 0) is 27.7 Å². The molecule has 0 aromatic carbocycles. The van der Waals surface area contributed by atoms with E-state index in [0.29, 0.717) is 22.6 Å². The monoisotopic (exact) mass is 228 g/mol. The number of anilines is 1. The van der Waals surface area contributed by atoms with Gasteiger partial charge >= 0.3 is 0 Å². The molecule has 1 heterocycles. The van der Waals surface area contributed by atoms with Crippen molar-refractivity contribution >= 4 is 17.4 Å². The van der Waals surface area contributed by atoms with Crippen LogP contribution in [-0.4, -0.2) is 17.1 Å². The summed E-state index contributed by atoms with van der Waals surface area (Å²) in [5, 5.41) is 3.71. The van der Waals surface area contributed by atoms with E-state index < -0.39 is 0 Å². The average Bonchev–Trinajstić information content (AvgIpc) is 2.10. The van der Waals surface area contributed by atoms with Gasteiger partial charge in [0.15, 0.2) is 0 Å². The van der Waals surface area contributed by atoms with E-state index in [0.717, 1.165) is 0 Å². The maximum absolute atomic E-state index is 6.15. The molecule has 0 amide bonds. The first kappa shape index (κ1) is 12.1. The van der Waals surface area contributed by atoms with Crippen LogP contribution in [0.1, 0.15) is 27.7 Å². The molecular weight excluding hydrogens is 212 g/mol. The Morgan fingerprint density at radius 1 is 1.33 bits per heavy atom. The minimum Gasteiger partial charge on any atom is -0.489 e. The third kappa shape index (κ3) is 3.59. The molecule has 84 valence electrons. The Morgan fingerprint density at radius 2 is 2.00 bits per heavy atom. The van der Waals surface area contributed by atoms with Crippen molar-refractivity contribution in [3.63, 3.8) is 0 Å². The average molecular weight is 229 g/mol. The van der Waals surface area contributed by atoms with Crippen LogP contribution in [0.15, 0.2) is 12.3 Å². The van der Waals surface area contributed by atoms with Gasteiger partial charge in [0.1, 0.15) is 16.6 Å². The summed E-state index contributed by atoms with van der Waals surface area (Å²) in [4.78, 5) is 4.16. The molecule has 3 nitrogen and oxygen atoms in total. The first-order valence-corrected chi connectivity index (χ1v) is 5.46. The molecule has 0 unspecified atom stereocenters. The molecule has 0 bridgehead atoms. The first-order valence-electron chi connectivity index (χ1n) is 5.08. The van der Waals surface area contributed by atoms with Crippen molar-refractivity contribution in [3.8, 4) is 5.75 Å². The number of nitrogens with zero attached hydrogens (tertiary/aromatic N) is 1. The van der Waals surface area contributed by atoms with Crippen LogP contribution in [0.25, 0.3) is 0 Å². The smallest absolute Gasteiger partial charge is 0.148 e. The summed E-state index contributed by atoms with van der Waals surface area (Å²) < 4.78 is 5.56. The third-order valence-electron chi connectivity index (χ3n) is 1.64. The minimum absolute atomic E-state index is 0.108. The van der Waals surface area contributed by atoms with Crippen molar-refractivity contribution in [2.45, 2.75) is 39.8 Å². The van der Waals surface area contributed by atoms with E-state index in [4.69, 9.17) is 16.3 Å². The number of hydrogen-bond donors (Lipinski definition) is 1. The number of aromatic nitrogens is 1. The second-order valence-corrected chi connectivity index (χ2v) is 4.32. The largest absolute Gasteiger partial charge is 0.489 e. The topological polar surface area (TPSA) is 34.2 Å². The van der Waals surface area contributed by atoms with Crippen molar-refractivity contribution in [1.82, 2.24) is 4.98 Å². The van der Waals surface area contributed by atoms with Gasteiger partial charge in [0.05, 0.1) is 6.10 Å². The van der Waals surface area contributed by atoms with Gasteiger partial charge in [-0.1, -0.05) is 11.6 Å². The Bertz CT molecular complexity index is 298. The fourth-order valence-electron chi connectivity index (χ4n) is 1.15. The maximum atomic E-state index is 6.15. The molecule has 15 heavy (non-hydrogen) atoms. The Morgan fingerprint density at radius 3 is 2.53 bits per heavy atom. The summed E-state index contributed by atoms with van der Waals surface area (Å²) in [6.45, 7) is 8.00. The molecule has 1 aromatic heterocycles. The molecule has 0 atom stereocenters. The fourth-order valence-corrected chi connectivity index (χ4v) is 1.36. The van der Waals surface area contributed by atoms with Gasteiger partial charge in [-0.2, -0.15) is 0 Å². The van der Waals surface area contributed by atoms with Crippen LogP contribution in [0, 0.1) is 0 Å². The van der Waals surface area contributed by atoms with E-state index in [-0.39, 0.29) is 6.10 Å². The standard InChI is InChI=1S/C11H17ClN2O/c1-7(2)14-11-10(12)9(5-6-13-11)15-8(3)4/h5-8H,1-4H3,(H,13,14). The van der Waals surface area contributed by atoms with E-state index in [9.17, 15) is 0 Å². The van der Waals surface area contributed by atoms with Crippen molar-refractivity contribution in [1.29, 1.82) is 0 Å². The molecular formula is C11H17ClN2O. The zero-order chi connectivity index (χ0) is 11.4. The number of pyridine rings is 1. The van der Waals surface area contributed by atoms with Gasteiger partial charge in [-0.25, -0.2) is 4.98 Å². The van der Waals surface area contributed by atoms with Crippen LogP contribution in [0.5, 0.6) is 5.75 Å². The lowest BCUT2D eigenvalue weighted by molar-refractivity contribution is 0.242. The highest BCUT2D eigenvalue weighted by Crippen LogP contribution is 2.30. The number of halogens is 1. The minimum atomic E-state index is 0.108. The predicted molar refractivity (Wildman–Crippen MR) is 63.8 cm³/mol. The molecule has 0 fully saturated rings. The Hall–Kier alpha value is -0.960. The summed E-state index contributed by atoms with van der Waals surface area (Å²) in [7, 11) is 0. The second kappa shape index (κ2) is 5.21.